The minimum absolute atomic E-state index is 0.109. The Hall–Kier alpha value is -2.20. The highest BCUT2D eigenvalue weighted by molar-refractivity contribution is 5.27. The van der Waals surface area contributed by atoms with Crippen molar-refractivity contribution in [1.29, 1.82) is 0 Å². The van der Waals surface area contributed by atoms with Crippen LogP contribution in [0.4, 0.5) is 0 Å². The molecule has 0 aromatic heterocycles. The average Bonchev–Trinajstić information content (AvgIpc) is 2.71. The topological polar surface area (TPSA) is 118 Å². The van der Waals surface area contributed by atoms with E-state index in [4.69, 9.17) is 18.9 Å². The maximum Gasteiger partial charge on any atom is 0.184 e. The highest BCUT2D eigenvalue weighted by Crippen LogP contribution is 2.35. The molecule has 2 fully saturated rings. The minimum atomic E-state index is -1.23. The van der Waals surface area contributed by atoms with Gasteiger partial charge in [-0.3, -0.25) is 0 Å². The molecule has 2 unspecified atom stereocenters. The van der Waals surface area contributed by atoms with E-state index >= 15 is 0 Å². The first-order valence-corrected chi connectivity index (χ1v) is 8.99. The molecule has 0 aliphatic carbocycles. The standard InChI is InChI=1S/C20H22O8/c21-13-5-1-11(2-6-13)19-25-9-15(23)17(24)18-16(27-19)10-26-20(28-18)12-3-7-14(22)8-4-12/h1-8,15-24H,9-10H2/t15-,16+,17-,18-,19?,20?/m1/s1. The number of aliphatic hydroxyl groups excluding tert-OH is 2. The molecular weight excluding hydrogens is 368 g/mol. The summed E-state index contributed by atoms with van der Waals surface area (Å²) < 4.78 is 23.2. The zero-order valence-electron chi connectivity index (χ0n) is 14.9. The van der Waals surface area contributed by atoms with Gasteiger partial charge in [0.2, 0.25) is 0 Å². The molecule has 0 bridgehead atoms. The maximum absolute atomic E-state index is 10.5. The molecule has 2 aliphatic rings. The number of aromatic hydroxyl groups is 2. The largest absolute Gasteiger partial charge is 0.508 e. The van der Waals surface area contributed by atoms with Crippen molar-refractivity contribution in [3.8, 4) is 11.5 Å². The molecule has 8 nitrogen and oxygen atoms in total. The van der Waals surface area contributed by atoms with Crippen molar-refractivity contribution in [3.05, 3.63) is 59.7 Å². The lowest BCUT2D eigenvalue weighted by molar-refractivity contribution is -0.332. The van der Waals surface area contributed by atoms with E-state index < -0.39 is 37.0 Å². The molecule has 0 amide bonds. The van der Waals surface area contributed by atoms with Crippen LogP contribution in [0.15, 0.2) is 48.5 Å². The first kappa shape index (κ1) is 19.1. The summed E-state index contributed by atoms with van der Waals surface area (Å²) in [6.45, 7) is -0.0397. The average molecular weight is 390 g/mol. The predicted octanol–water partition coefficient (Wildman–Crippen LogP) is 1.35. The van der Waals surface area contributed by atoms with Crippen LogP contribution in [0, 0.1) is 0 Å². The summed E-state index contributed by atoms with van der Waals surface area (Å²) >= 11 is 0. The number of hydrogen-bond donors (Lipinski definition) is 4. The van der Waals surface area contributed by atoms with Gasteiger partial charge in [-0.1, -0.05) is 24.3 Å². The highest BCUT2D eigenvalue weighted by Gasteiger charge is 2.44. The Kier molecular flexibility index (Phi) is 5.49. The van der Waals surface area contributed by atoms with Crippen LogP contribution in [0.3, 0.4) is 0 Å². The first-order chi connectivity index (χ1) is 13.5. The molecule has 28 heavy (non-hydrogen) atoms. The van der Waals surface area contributed by atoms with Gasteiger partial charge in [0.15, 0.2) is 12.6 Å². The third kappa shape index (κ3) is 3.97. The van der Waals surface area contributed by atoms with Gasteiger partial charge in [0, 0.05) is 11.1 Å². The molecule has 8 heteroatoms. The van der Waals surface area contributed by atoms with Crippen LogP contribution in [0.2, 0.25) is 0 Å². The van der Waals surface area contributed by atoms with Crippen LogP contribution in [-0.2, 0) is 18.9 Å². The second kappa shape index (κ2) is 8.04. The van der Waals surface area contributed by atoms with E-state index in [1.54, 1.807) is 24.3 Å². The van der Waals surface area contributed by atoms with Crippen LogP contribution in [0.25, 0.3) is 0 Å². The third-order valence-electron chi connectivity index (χ3n) is 4.84. The van der Waals surface area contributed by atoms with Crippen molar-refractivity contribution in [3.63, 3.8) is 0 Å². The monoisotopic (exact) mass is 390 g/mol. The normalized spacial score (nSPS) is 33.5. The molecule has 6 atom stereocenters. The summed E-state index contributed by atoms with van der Waals surface area (Å²) in [6.07, 6.45) is -5.50. The van der Waals surface area contributed by atoms with Crippen molar-refractivity contribution in [1.82, 2.24) is 0 Å². The van der Waals surface area contributed by atoms with E-state index in [-0.39, 0.29) is 24.7 Å². The Bertz CT molecular complexity index is 778. The second-order valence-electron chi connectivity index (χ2n) is 6.85. The minimum Gasteiger partial charge on any atom is -0.508 e. The van der Waals surface area contributed by atoms with Gasteiger partial charge >= 0.3 is 0 Å². The number of aliphatic hydroxyl groups is 2. The fourth-order valence-electron chi connectivity index (χ4n) is 3.28. The van der Waals surface area contributed by atoms with Gasteiger partial charge in [0.25, 0.3) is 0 Å². The number of ether oxygens (including phenoxy) is 4. The van der Waals surface area contributed by atoms with E-state index in [0.29, 0.717) is 11.1 Å². The van der Waals surface area contributed by atoms with Crippen LogP contribution >= 0.6 is 0 Å². The lowest BCUT2D eigenvalue weighted by Gasteiger charge is -2.42. The molecule has 4 N–H and O–H groups in total. The lowest BCUT2D eigenvalue weighted by atomic mass is 10.0. The molecule has 2 aromatic rings. The van der Waals surface area contributed by atoms with E-state index in [1.807, 2.05) is 0 Å². The lowest BCUT2D eigenvalue weighted by Crippen LogP contribution is -2.55. The Labute approximate surface area is 161 Å². The number of hydrogen-bond acceptors (Lipinski definition) is 8. The van der Waals surface area contributed by atoms with Crippen molar-refractivity contribution >= 4 is 0 Å². The number of phenols is 2. The second-order valence-corrected chi connectivity index (χ2v) is 6.85. The fourth-order valence-corrected chi connectivity index (χ4v) is 3.28. The zero-order chi connectivity index (χ0) is 19.7. The smallest absolute Gasteiger partial charge is 0.184 e. The van der Waals surface area contributed by atoms with Crippen molar-refractivity contribution in [2.45, 2.75) is 37.0 Å². The summed E-state index contributed by atoms with van der Waals surface area (Å²) in [5.41, 5.74) is 1.33. The molecule has 0 spiro atoms. The molecule has 2 saturated heterocycles. The van der Waals surface area contributed by atoms with Crippen LogP contribution in [0.5, 0.6) is 11.5 Å². The fraction of sp³-hybridized carbons (Fsp3) is 0.400. The van der Waals surface area contributed by atoms with Gasteiger partial charge in [-0.05, 0) is 24.3 Å². The zero-order valence-corrected chi connectivity index (χ0v) is 14.9. The summed E-state index contributed by atoms with van der Waals surface area (Å²) in [5.74, 6) is 0.236. The number of phenolic OH excluding ortho intramolecular Hbond substituents is 2. The Morgan fingerprint density at radius 2 is 1.18 bits per heavy atom. The van der Waals surface area contributed by atoms with Gasteiger partial charge in [-0.25, -0.2) is 0 Å². The van der Waals surface area contributed by atoms with Gasteiger partial charge in [-0.2, -0.15) is 0 Å². The molecule has 0 saturated carbocycles. The highest BCUT2D eigenvalue weighted by atomic mass is 16.7. The van der Waals surface area contributed by atoms with Gasteiger partial charge < -0.3 is 39.4 Å². The first-order valence-electron chi connectivity index (χ1n) is 8.99. The van der Waals surface area contributed by atoms with Crippen molar-refractivity contribution in [2.24, 2.45) is 0 Å². The van der Waals surface area contributed by atoms with E-state index in [0.717, 1.165) is 0 Å². The molecular formula is C20H22O8. The van der Waals surface area contributed by atoms with Crippen LogP contribution < -0.4 is 0 Å². The molecule has 150 valence electrons. The number of benzene rings is 2. The SMILES string of the molecule is Oc1ccc(C2OC[C@@H]3OC(c4ccc(O)cc4)OC[C@@H](O)[C@@H](O)[C@@H]3O2)cc1. The number of fused-ring (bicyclic) bond motifs is 1. The number of rotatable bonds is 2. The van der Waals surface area contributed by atoms with E-state index in [2.05, 4.69) is 0 Å². The third-order valence-corrected chi connectivity index (χ3v) is 4.84. The predicted molar refractivity (Wildman–Crippen MR) is 95.4 cm³/mol. The summed E-state index contributed by atoms with van der Waals surface area (Å²) in [4.78, 5) is 0. The molecule has 2 aromatic carbocycles. The Morgan fingerprint density at radius 3 is 1.75 bits per heavy atom. The quantitative estimate of drug-likeness (QED) is 0.607. The van der Waals surface area contributed by atoms with Crippen LogP contribution in [-0.4, -0.2) is 58.1 Å². The van der Waals surface area contributed by atoms with Gasteiger partial charge in [0.1, 0.15) is 35.9 Å². The van der Waals surface area contributed by atoms with Crippen molar-refractivity contribution < 1.29 is 39.4 Å². The van der Waals surface area contributed by atoms with Gasteiger partial charge in [-0.15, -0.1) is 0 Å². The summed E-state index contributed by atoms with van der Waals surface area (Å²) in [6, 6.07) is 12.7. The maximum atomic E-state index is 10.5. The van der Waals surface area contributed by atoms with Crippen molar-refractivity contribution in [2.75, 3.05) is 13.2 Å². The van der Waals surface area contributed by atoms with Crippen LogP contribution in [0.1, 0.15) is 23.7 Å². The molecule has 4 rings (SSSR count). The van der Waals surface area contributed by atoms with Gasteiger partial charge in [0.05, 0.1) is 13.2 Å². The molecule has 2 aliphatic heterocycles. The molecule has 0 radical (unpaired) electrons. The Balaban J connectivity index is 1.54. The van der Waals surface area contributed by atoms with E-state index in [1.165, 1.54) is 24.3 Å². The summed E-state index contributed by atoms with van der Waals surface area (Å²) in [5, 5.41) is 39.7. The summed E-state index contributed by atoms with van der Waals surface area (Å²) in [7, 11) is 0. The molecule has 2 heterocycles. The Morgan fingerprint density at radius 1 is 0.679 bits per heavy atom. The van der Waals surface area contributed by atoms with E-state index in [9.17, 15) is 20.4 Å².